The normalized spacial score (nSPS) is 22.3. The van der Waals surface area contributed by atoms with Crippen LogP contribution < -0.4 is 0 Å². The highest BCUT2D eigenvalue weighted by Gasteiger charge is 2.39. The monoisotopic (exact) mass is 228 g/mol. The van der Waals surface area contributed by atoms with Crippen LogP contribution in [0.2, 0.25) is 0 Å². The van der Waals surface area contributed by atoms with Crippen LogP contribution >= 0.6 is 0 Å². The molecule has 1 aliphatic carbocycles. The highest BCUT2D eigenvalue weighted by molar-refractivity contribution is 4.90. The van der Waals surface area contributed by atoms with Crippen molar-refractivity contribution < 1.29 is 9.84 Å². The number of rotatable bonds is 6. The third-order valence-electron chi connectivity index (χ3n) is 4.58. The van der Waals surface area contributed by atoms with Crippen molar-refractivity contribution >= 4 is 0 Å². The summed E-state index contributed by atoms with van der Waals surface area (Å²) in [7, 11) is 1.75. The summed E-state index contributed by atoms with van der Waals surface area (Å²) >= 11 is 0. The van der Waals surface area contributed by atoms with E-state index in [2.05, 4.69) is 20.8 Å². The van der Waals surface area contributed by atoms with E-state index in [1.807, 2.05) is 0 Å². The highest BCUT2D eigenvalue weighted by atomic mass is 16.5. The Kier molecular flexibility index (Phi) is 4.81. The molecule has 1 saturated carbocycles. The third kappa shape index (κ3) is 3.21. The van der Waals surface area contributed by atoms with Gasteiger partial charge in [0, 0.05) is 7.11 Å². The summed E-state index contributed by atoms with van der Waals surface area (Å²) in [6.45, 7) is 6.40. The van der Waals surface area contributed by atoms with Crippen molar-refractivity contribution in [1.29, 1.82) is 0 Å². The number of aliphatic hydroxyl groups excluding tert-OH is 1. The highest BCUT2D eigenvalue weighted by Crippen LogP contribution is 2.45. The van der Waals surface area contributed by atoms with Crippen LogP contribution in [0.5, 0.6) is 0 Å². The second kappa shape index (κ2) is 5.50. The van der Waals surface area contributed by atoms with E-state index in [-0.39, 0.29) is 17.1 Å². The van der Waals surface area contributed by atoms with Crippen LogP contribution in [0.25, 0.3) is 0 Å². The molecule has 1 unspecified atom stereocenters. The molecule has 96 valence electrons. The first kappa shape index (κ1) is 14.0. The fraction of sp³-hybridized carbons (Fsp3) is 1.00. The molecule has 1 fully saturated rings. The lowest BCUT2D eigenvalue weighted by molar-refractivity contribution is -0.0255. The molecule has 0 aliphatic heterocycles. The molecule has 0 amide bonds. The predicted molar refractivity (Wildman–Crippen MR) is 67.5 cm³/mol. The maximum atomic E-state index is 10.4. The zero-order valence-electron chi connectivity index (χ0n) is 11.4. The summed E-state index contributed by atoms with van der Waals surface area (Å²) in [5, 5.41) is 10.4. The number of methoxy groups -OCH3 is 1. The van der Waals surface area contributed by atoms with Crippen LogP contribution in [0, 0.1) is 5.41 Å². The molecule has 0 aromatic carbocycles. The molecular weight excluding hydrogens is 200 g/mol. The Labute approximate surface area is 100 Å². The molecule has 0 heterocycles. The number of hydrogen-bond donors (Lipinski definition) is 1. The summed E-state index contributed by atoms with van der Waals surface area (Å²) < 4.78 is 5.41. The summed E-state index contributed by atoms with van der Waals surface area (Å²) in [6.07, 6.45) is 7.77. The van der Waals surface area contributed by atoms with Crippen LogP contribution in [-0.4, -0.2) is 23.9 Å². The Bertz CT molecular complexity index is 205. The molecule has 2 heteroatoms. The van der Waals surface area contributed by atoms with Gasteiger partial charge >= 0.3 is 0 Å². The quantitative estimate of drug-likeness (QED) is 0.753. The molecule has 1 N–H and O–H groups in total. The van der Waals surface area contributed by atoms with Crippen LogP contribution in [-0.2, 0) is 4.74 Å². The Morgan fingerprint density at radius 2 is 1.88 bits per heavy atom. The molecule has 1 rings (SSSR count). The van der Waals surface area contributed by atoms with Crippen molar-refractivity contribution in [2.24, 2.45) is 5.41 Å². The maximum absolute atomic E-state index is 10.4. The molecular formula is C14H28O2. The van der Waals surface area contributed by atoms with E-state index in [4.69, 9.17) is 4.74 Å². The van der Waals surface area contributed by atoms with E-state index < -0.39 is 0 Å². The Balaban J connectivity index is 2.47. The first-order valence-electron chi connectivity index (χ1n) is 6.69. The van der Waals surface area contributed by atoms with Gasteiger partial charge in [-0.15, -0.1) is 0 Å². The minimum Gasteiger partial charge on any atom is -0.393 e. The molecule has 0 aromatic heterocycles. The summed E-state index contributed by atoms with van der Waals surface area (Å²) in [5.74, 6) is 0. The van der Waals surface area contributed by atoms with Gasteiger partial charge in [-0.1, -0.05) is 19.8 Å². The predicted octanol–water partition coefficient (Wildman–Crippen LogP) is 3.52. The lowest BCUT2D eigenvalue weighted by Crippen LogP contribution is -2.34. The van der Waals surface area contributed by atoms with Gasteiger partial charge in [0.15, 0.2) is 0 Å². The van der Waals surface area contributed by atoms with Crippen LogP contribution in [0.15, 0.2) is 0 Å². The minimum absolute atomic E-state index is 0.103. The van der Waals surface area contributed by atoms with E-state index in [0.29, 0.717) is 0 Å². The second-order valence-corrected chi connectivity index (χ2v) is 5.94. The average Bonchev–Trinajstić information content (AvgIpc) is 2.76. The number of ether oxygens (including phenoxy) is 1. The van der Waals surface area contributed by atoms with Crippen molar-refractivity contribution in [2.75, 3.05) is 7.11 Å². The molecule has 0 radical (unpaired) electrons. The van der Waals surface area contributed by atoms with E-state index in [9.17, 15) is 5.11 Å². The van der Waals surface area contributed by atoms with E-state index >= 15 is 0 Å². The van der Waals surface area contributed by atoms with Crippen molar-refractivity contribution in [3.63, 3.8) is 0 Å². The Morgan fingerprint density at radius 1 is 1.31 bits per heavy atom. The van der Waals surface area contributed by atoms with Gasteiger partial charge in [-0.3, -0.25) is 0 Å². The molecule has 16 heavy (non-hydrogen) atoms. The minimum atomic E-state index is -0.144. The Morgan fingerprint density at radius 3 is 2.31 bits per heavy atom. The van der Waals surface area contributed by atoms with E-state index in [1.54, 1.807) is 7.11 Å². The second-order valence-electron chi connectivity index (χ2n) is 5.94. The van der Waals surface area contributed by atoms with E-state index in [0.717, 1.165) is 19.3 Å². The molecule has 2 nitrogen and oxygen atoms in total. The third-order valence-corrected chi connectivity index (χ3v) is 4.58. The number of hydrogen-bond acceptors (Lipinski definition) is 2. The van der Waals surface area contributed by atoms with Crippen LogP contribution in [0.3, 0.4) is 0 Å². The lowest BCUT2D eigenvalue weighted by Gasteiger charge is -2.35. The van der Waals surface area contributed by atoms with Crippen molar-refractivity contribution in [3.8, 4) is 0 Å². The maximum Gasteiger partial charge on any atom is 0.0623 e. The first-order valence-corrected chi connectivity index (χ1v) is 6.69. The zero-order valence-corrected chi connectivity index (χ0v) is 11.4. The topological polar surface area (TPSA) is 29.5 Å². The summed E-state index contributed by atoms with van der Waals surface area (Å²) in [5.41, 5.74) is 0.109. The fourth-order valence-corrected chi connectivity index (χ4v) is 2.89. The molecule has 1 atom stereocenters. The molecule has 0 saturated heterocycles. The standard InChI is InChI=1S/C14H28O2/c1-5-14(9-6-7-10-14)12(15)8-11-13(2,3)16-4/h12,15H,5-11H2,1-4H3. The van der Waals surface area contributed by atoms with Gasteiger partial charge in [0.2, 0.25) is 0 Å². The van der Waals surface area contributed by atoms with Gasteiger partial charge in [-0.25, -0.2) is 0 Å². The van der Waals surface area contributed by atoms with Gasteiger partial charge in [-0.2, -0.15) is 0 Å². The van der Waals surface area contributed by atoms with Gasteiger partial charge in [0.25, 0.3) is 0 Å². The van der Waals surface area contributed by atoms with Gasteiger partial charge in [0.05, 0.1) is 11.7 Å². The summed E-state index contributed by atoms with van der Waals surface area (Å²) in [4.78, 5) is 0. The lowest BCUT2D eigenvalue weighted by atomic mass is 9.75. The summed E-state index contributed by atoms with van der Waals surface area (Å²) in [6, 6.07) is 0. The van der Waals surface area contributed by atoms with Gasteiger partial charge in [0.1, 0.15) is 0 Å². The Hall–Kier alpha value is -0.0800. The van der Waals surface area contributed by atoms with Crippen molar-refractivity contribution in [3.05, 3.63) is 0 Å². The zero-order chi connectivity index (χ0) is 12.2. The molecule has 1 aliphatic rings. The first-order chi connectivity index (χ1) is 7.46. The fourth-order valence-electron chi connectivity index (χ4n) is 2.89. The van der Waals surface area contributed by atoms with Crippen LogP contribution in [0.4, 0.5) is 0 Å². The van der Waals surface area contributed by atoms with Gasteiger partial charge < -0.3 is 9.84 Å². The SMILES string of the molecule is CCC1(C(O)CCC(C)(C)OC)CCCC1. The smallest absolute Gasteiger partial charge is 0.0623 e. The van der Waals surface area contributed by atoms with E-state index in [1.165, 1.54) is 25.7 Å². The van der Waals surface area contributed by atoms with Crippen molar-refractivity contribution in [1.82, 2.24) is 0 Å². The molecule has 0 spiro atoms. The van der Waals surface area contributed by atoms with Gasteiger partial charge in [-0.05, 0) is 51.4 Å². The average molecular weight is 228 g/mol. The molecule has 0 aromatic rings. The molecule has 0 bridgehead atoms. The van der Waals surface area contributed by atoms with Crippen molar-refractivity contribution in [2.45, 2.75) is 77.4 Å². The largest absolute Gasteiger partial charge is 0.393 e. The number of aliphatic hydroxyl groups is 1. The van der Waals surface area contributed by atoms with Crippen LogP contribution in [0.1, 0.15) is 65.7 Å².